The first-order chi connectivity index (χ1) is 12.1. The summed E-state index contributed by atoms with van der Waals surface area (Å²) < 4.78 is 0. The predicted octanol–water partition coefficient (Wildman–Crippen LogP) is 5.15. The third-order valence-electron chi connectivity index (χ3n) is 4.89. The highest BCUT2D eigenvalue weighted by molar-refractivity contribution is 7.55. The summed E-state index contributed by atoms with van der Waals surface area (Å²) in [5.74, 6) is 0.385. The van der Waals surface area contributed by atoms with Crippen molar-refractivity contribution in [2.75, 3.05) is 0 Å². The zero-order valence-corrected chi connectivity index (χ0v) is 19.3. The van der Waals surface area contributed by atoms with Gasteiger partial charge in [0, 0.05) is 10.9 Å². The van der Waals surface area contributed by atoms with Crippen molar-refractivity contribution in [3.05, 3.63) is 52.6 Å². The van der Waals surface area contributed by atoms with Crippen LogP contribution >= 0.6 is 8.58 Å². The monoisotopic (exact) mass is 386 g/mol. The zero-order valence-electron chi connectivity index (χ0n) is 18.3. The maximum Gasteiger partial charge on any atom is 0.127 e. The smallest absolute Gasteiger partial charge is 0.127 e. The van der Waals surface area contributed by atoms with Gasteiger partial charge in [-0.25, -0.2) is 0 Å². The molecular formula is C24H35O2P. The van der Waals surface area contributed by atoms with E-state index < -0.39 is 5.60 Å². The number of aryl methyl sites for hydroxylation is 1. The van der Waals surface area contributed by atoms with E-state index in [-0.39, 0.29) is 19.4 Å². The Morgan fingerprint density at radius 1 is 0.741 bits per heavy atom. The van der Waals surface area contributed by atoms with Crippen molar-refractivity contribution in [3.8, 4) is 5.75 Å². The number of phenols is 1. The van der Waals surface area contributed by atoms with Gasteiger partial charge in [-0.2, -0.15) is 0 Å². The summed E-state index contributed by atoms with van der Waals surface area (Å²) in [4.78, 5) is 0. The minimum atomic E-state index is -0.918. The number of aromatic hydroxyl groups is 1. The van der Waals surface area contributed by atoms with E-state index in [0.29, 0.717) is 5.75 Å². The molecule has 0 radical (unpaired) electrons. The first kappa shape index (κ1) is 21.9. The number of aliphatic hydroxyl groups is 1. The van der Waals surface area contributed by atoms with Gasteiger partial charge in [0.05, 0.1) is 5.60 Å². The average molecular weight is 387 g/mol. The molecule has 0 saturated heterocycles. The molecule has 2 rings (SSSR count). The predicted molar refractivity (Wildman–Crippen MR) is 120 cm³/mol. The van der Waals surface area contributed by atoms with Gasteiger partial charge in [0.15, 0.2) is 0 Å². The molecule has 2 aromatic carbocycles. The molecule has 0 aliphatic heterocycles. The van der Waals surface area contributed by atoms with E-state index in [1.807, 2.05) is 20.8 Å². The summed E-state index contributed by atoms with van der Waals surface area (Å²) in [6, 6.07) is 10.5. The topological polar surface area (TPSA) is 40.5 Å². The summed E-state index contributed by atoms with van der Waals surface area (Å²) in [6.45, 7) is 18.7. The highest BCUT2D eigenvalue weighted by Crippen LogP contribution is 2.37. The Hall–Kier alpha value is -1.37. The Morgan fingerprint density at radius 3 is 1.81 bits per heavy atom. The van der Waals surface area contributed by atoms with Crippen LogP contribution in [0.5, 0.6) is 5.75 Å². The lowest BCUT2D eigenvalue weighted by Crippen LogP contribution is -2.25. The maximum absolute atomic E-state index is 11.1. The molecule has 3 heteroatoms. The van der Waals surface area contributed by atoms with Crippen molar-refractivity contribution in [3.63, 3.8) is 0 Å². The zero-order chi connectivity index (χ0) is 20.8. The van der Waals surface area contributed by atoms with Crippen LogP contribution in [0.15, 0.2) is 30.3 Å². The van der Waals surface area contributed by atoms with Gasteiger partial charge in [0.2, 0.25) is 0 Å². The molecule has 0 spiro atoms. The van der Waals surface area contributed by atoms with E-state index in [4.69, 9.17) is 0 Å². The first-order valence-corrected chi connectivity index (χ1v) is 10.6. The highest BCUT2D eigenvalue weighted by atomic mass is 31.1. The Morgan fingerprint density at radius 2 is 1.33 bits per heavy atom. The van der Waals surface area contributed by atoms with Crippen LogP contribution in [0.1, 0.15) is 77.6 Å². The molecule has 0 fully saturated rings. The minimum absolute atomic E-state index is 0.000709. The Balaban J connectivity index is 2.67. The molecule has 2 aromatic rings. The lowest BCUT2D eigenvalue weighted by Gasteiger charge is -2.28. The van der Waals surface area contributed by atoms with E-state index in [1.165, 1.54) is 5.56 Å². The van der Waals surface area contributed by atoms with Gasteiger partial charge in [-0.3, -0.25) is 0 Å². The van der Waals surface area contributed by atoms with Crippen molar-refractivity contribution in [1.29, 1.82) is 0 Å². The van der Waals surface area contributed by atoms with Crippen LogP contribution in [0, 0.1) is 6.92 Å². The Labute approximate surface area is 166 Å². The highest BCUT2D eigenvalue weighted by Gasteiger charge is 2.26. The molecule has 0 amide bonds. The van der Waals surface area contributed by atoms with Crippen LogP contribution < -0.4 is 10.6 Å². The molecule has 0 saturated carbocycles. The SMILES string of the molecule is Cc1ccc(Pc2cc(C(C)(C)C)cc(C(C)(C)C)c2O)c(C(C)(C)O)c1. The molecule has 1 atom stereocenters. The normalized spacial score (nSPS) is 13.6. The van der Waals surface area contributed by atoms with Gasteiger partial charge in [-0.1, -0.05) is 80.0 Å². The van der Waals surface area contributed by atoms with E-state index in [0.717, 1.165) is 27.3 Å². The van der Waals surface area contributed by atoms with E-state index in [9.17, 15) is 10.2 Å². The molecule has 1 unspecified atom stereocenters. The molecule has 2 nitrogen and oxygen atoms in total. The minimum Gasteiger partial charge on any atom is -0.507 e. The van der Waals surface area contributed by atoms with Crippen LogP contribution in [-0.4, -0.2) is 10.2 Å². The third kappa shape index (κ3) is 5.12. The average Bonchev–Trinajstić information content (AvgIpc) is 2.47. The molecule has 0 heterocycles. The molecule has 0 bridgehead atoms. The van der Waals surface area contributed by atoms with Crippen molar-refractivity contribution in [2.24, 2.45) is 0 Å². The fourth-order valence-electron chi connectivity index (χ4n) is 3.15. The Kier molecular flexibility index (Phi) is 5.87. The number of rotatable bonds is 3. The first-order valence-electron chi connectivity index (χ1n) is 9.59. The third-order valence-corrected chi connectivity index (χ3v) is 6.24. The van der Waals surface area contributed by atoms with Gasteiger partial charge in [-0.15, -0.1) is 0 Å². The quantitative estimate of drug-likeness (QED) is 0.716. The van der Waals surface area contributed by atoms with Crippen LogP contribution in [0.25, 0.3) is 0 Å². The summed E-state index contributed by atoms with van der Waals surface area (Å²) in [6.07, 6.45) is 0. The molecule has 27 heavy (non-hydrogen) atoms. The van der Waals surface area contributed by atoms with Crippen molar-refractivity contribution < 1.29 is 10.2 Å². The molecule has 2 N–H and O–H groups in total. The molecule has 0 aliphatic carbocycles. The van der Waals surface area contributed by atoms with Gasteiger partial charge >= 0.3 is 0 Å². The second-order valence-corrected chi connectivity index (χ2v) is 11.5. The number of phenolic OH excluding ortho intramolecular Hbond substituents is 1. The van der Waals surface area contributed by atoms with Crippen molar-refractivity contribution >= 4 is 19.2 Å². The summed E-state index contributed by atoms with van der Waals surface area (Å²) in [5.41, 5.74) is 3.20. The van der Waals surface area contributed by atoms with Crippen LogP contribution in [0.4, 0.5) is 0 Å². The summed E-state index contributed by atoms with van der Waals surface area (Å²) in [5, 5.41) is 23.7. The molecule has 0 aromatic heterocycles. The van der Waals surface area contributed by atoms with Crippen molar-refractivity contribution in [1.82, 2.24) is 0 Å². The standard InChI is InChI=1S/C24H35O2P/c1-15-10-11-19(17(12-15)24(8,9)26)27-20-14-16(22(2,3)4)13-18(21(20)25)23(5,6)7/h10-14,25-27H,1-9H3. The van der Waals surface area contributed by atoms with Crippen LogP contribution in [0.3, 0.4) is 0 Å². The van der Waals surface area contributed by atoms with E-state index in [1.54, 1.807) is 0 Å². The van der Waals surface area contributed by atoms with E-state index >= 15 is 0 Å². The fourth-order valence-corrected chi connectivity index (χ4v) is 4.60. The van der Waals surface area contributed by atoms with Gasteiger partial charge in [0.25, 0.3) is 0 Å². The lowest BCUT2D eigenvalue weighted by molar-refractivity contribution is 0.0797. The van der Waals surface area contributed by atoms with E-state index in [2.05, 4.69) is 71.9 Å². The molecular weight excluding hydrogens is 351 g/mol. The maximum atomic E-state index is 11.1. The summed E-state index contributed by atoms with van der Waals surface area (Å²) in [7, 11) is 0.285. The van der Waals surface area contributed by atoms with Gasteiger partial charge in [-0.05, 0) is 54.1 Å². The largest absolute Gasteiger partial charge is 0.507 e. The summed E-state index contributed by atoms with van der Waals surface area (Å²) >= 11 is 0. The fraction of sp³-hybridized carbons (Fsp3) is 0.500. The molecule has 0 aliphatic rings. The second kappa shape index (κ2) is 7.22. The van der Waals surface area contributed by atoms with Crippen LogP contribution in [-0.2, 0) is 16.4 Å². The van der Waals surface area contributed by atoms with Gasteiger partial charge < -0.3 is 10.2 Å². The van der Waals surface area contributed by atoms with Gasteiger partial charge in [0.1, 0.15) is 5.75 Å². The number of hydrogen-bond donors (Lipinski definition) is 2. The number of hydrogen-bond acceptors (Lipinski definition) is 2. The number of benzene rings is 2. The van der Waals surface area contributed by atoms with Crippen LogP contribution in [0.2, 0.25) is 0 Å². The molecule has 148 valence electrons. The van der Waals surface area contributed by atoms with Crippen molar-refractivity contribution in [2.45, 2.75) is 78.7 Å². The lowest BCUT2D eigenvalue weighted by atomic mass is 9.80. The Bertz CT molecular complexity index is 831. The second-order valence-electron chi connectivity index (χ2n) is 10.2.